The summed E-state index contributed by atoms with van der Waals surface area (Å²) in [4.78, 5) is 14.1. The van der Waals surface area contributed by atoms with Crippen molar-refractivity contribution in [2.24, 2.45) is 5.92 Å². The molecule has 0 bridgehead atoms. The summed E-state index contributed by atoms with van der Waals surface area (Å²) in [6.07, 6.45) is 3.54. The Morgan fingerprint density at radius 2 is 1.90 bits per heavy atom. The molecule has 2 aliphatic heterocycles. The number of carbonyl (C=O) groups is 1. The molecule has 30 heavy (non-hydrogen) atoms. The molecule has 158 valence electrons. The van der Waals surface area contributed by atoms with Crippen LogP contribution in [-0.2, 0) is 17.8 Å². The summed E-state index contributed by atoms with van der Waals surface area (Å²) in [5, 5.41) is 4.00. The molecule has 2 aliphatic rings. The van der Waals surface area contributed by atoms with E-state index in [0.717, 1.165) is 48.4 Å². The highest BCUT2D eigenvalue weighted by molar-refractivity contribution is 6.30. The van der Waals surface area contributed by atoms with Gasteiger partial charge in [-0.15, -0.1) is 0 Å². The van der Waals surface area contributed by atoms with Crippen LogP contribution in [0.3, 0.4) is 0 Å². The van der Waals surface area contributed by atoms with Crippen LogP contribution in [0, 0.1) is 5.92 Å². The molecule has 0 saturated carbocycles. The molecule has 4 rings (SSSR count). The Morgan fingerprint density at radius 1 is 1.13 bits per heavy atom. The molecule has 5 nitrogen and oxygen atoms in total. The van der Waals surface area contributed by atoms with E-state index in [9.17, 15) is 4.79 Å². The normalized spacial score (nSPS) is 16.6. The number of halogens is 1. The van der Waals surface area contributed by atoms with E-state index in [4.69, 9.17) is 21.1 Å². The summed E-state index contributed by atoms with van der Waals surface area (Å²) in [6.45, 7) is 6.33. The zero-order valence-electron chi connectivity index (χ0n) is 17.0. The molecule has 0 radical (unpaired) electrons. The number of rotatable bonds is 5. The predicted molar refractivity (Wildman–Crippen MR) is 119 cm³/mol. The molecule has 6 heteroatoms. The largest absolute Gasteiger partial charge is 0.493 e. The summed E-state index contributed by atoms with van der Waals surface area (Å²) >= 11 is 5.88. The second-order valence-corrected chi connectivity index (χ2v) is 8.41. The molecular weight excluding hydrogens is 400 g/mol. The number of amides is 1. The lowest BCUT2D eigenvalue weighted by atomic mass is 9.98. The lowest BCUT2D eigenvalue weighted by molar-refractivity contribution is 0.0761. The van der Waals surface area contributed by atoms with Crippen molar-refractivity contribution in [2.45, 2.75) is 32.3 Å². The SMILES string of the molecule is C=C1CCc2cc(OCC3CCN(C(=O)OCc4ccc(Cl)cc4)CC3)ccc2N1. The van der Waals surface area contributed by atoms with Gasteiger partial charge < -0.3 is 19.7 Å². The Balaban J connectivity index is 1.19. The average Bonchev–Trinajstić information content (AvgIpc) is 2.77. The number of hydrogen-bond donors (Lipinski definition) is 1. The molecule has 0 aliphatic carbocycles. The zero-order valence-corrected chi connectivity index (χ0v) is 17.8. The van der Waals surface area contributed by atoms with E-state index in [1.807, 2.05) is 18.2 Å². The van der Waals surface area contributed by atoms with E-state index >= 15 is 0 Å². The van der Waals surface area contributed by atoms with Crippen LogP contribution in [0.4, 0.5) is 10.5 Å². The molecule has 1 amide bonds. The van der Waals surface area contributed by atoms with Crippen LogP contribution in [-0.4, -0.2) is 30.7 Å². The maximum Gasteiger partial charge on any atom is 0.410 e. The molecule has 1 fully saturated rings. The summed E-state index contributed by atoms with van der Waals surface area (Å²) in [6, 6.07) is 13.5. The van der Waals surface area contributed by atoms with E-state index in [1.54, 1.807) is 17.0 Å². The molecular formula is C24H27ClN2O3. The Bertz CT molecular complexity index is 905. The van der Waals surface area contributed by atoms with Gasteiger partial charge in [-0.3, -0.25) is 0 Å². The van der Waals surface area contributed by atoms with Crippen molar-refractivity contribution < 1.29 is 14.3 Å². The highest BCUT2D eigenvalue weighted by atomic mass is 35.5. The van der Waals surface area contributed by atoms with Crippen LogP contribution in [0.25, 0.3) is 0 Å². The number of piperidine rings is 1. The van der Waals surface area contributed by atoms with Crippen LogP contribution in [0.5, 0.6) is 5.75 Å². The van der Waals surface area contributed by atoms with E-state index in [1.165, 1.54) is 5.56 Å². The van der Waals surface area contributed by atoms with E-state index < -0.39 is 0 Å². The van der Waals surface area contributed by atoms with Crippen molar-refractivity contribution in [2.75, 3.05) is 25.0 Å². The third kappa shape index (κ3) is 5.28. The number of ether oxygens (including phenoxy) is 2. The molecule has 0 aromatic heterocycles. The molecule has 2 aromatic rings. The van der Waals surface area contributed by atoms with Gasteiger partial charge in [-0.25, -0.2) is 4.79 Å². The number of nitrogens with one attached hydrogen (secondary N) is 1. The smallest absolute Gasteiger partial charge is 0.410 e. The Kier molecular flexibility index (Phi) is 6.48. The molecule has 0 atom stereocenters. The predicted octanol–water partition coefficient (Wildman–Crippen LogP) is 5.64. The van der Waals surface area contributed by atoms with Gasteiger partial charge in [0, 0.05) is 29.5 Å². The summed E-state index contributed by atoms with van der Waals surface area (Å²) in [5.41, 5.74) is 4.40. The van der Waals surface area contributed by atoms with Gasteiger partial charge in [0.1, 0.15) is 12.4 Å². The van der Waals surface area contributed by atoms with E-state index in [2.05, 4.69) is 24.0 Å². The summed E-state index contributed by atoms with van der Waals surface area (Å²) < 4.78 is 11.5. The van der Waals surface area contributed by atoms with E-state index in [-0.39, 0.29) is 12.7 Å². The first-order valence-electron chi connectivity index (χ1n) is 10.4. The van der Waals surface area contributed by atoms with Crippen LogP contribution in [0.15, 0.2) is 54.7 Å². The van der Waals surface area contributed by atoms with Crippen molar-refractivity contribution >= 4 is 23.4 Å². The van der Waals surface area contributed by atoms with E-state index in [0.29, 0.717) is 30.6 Å². The fraction of sp³-hybridized carbons (Fsp3) is 0.375. The van der Waals surface area contributed by atoms with Crippen molar-refractivity contribution in [3.63, 3.8) is 0 Å². The molecule has 2 aromatic carbocycles. The van der Waals surface area contributed by atoms with Crippen molar-refractivity contribution in [3.8, 4) is 5.75 Å². The first-order valence-corrected chi connectivity index (χ1v) is 10.8. The number of allylic oxidation sites excluding steroid dienone is 1. The number of benzene rings is 2. The third-order valence-corrected chi connectivity index (χ3v) is 5.97. The number of carbonyl (C=O) groups excluding carboxylic acids is 1. The second kappa shape index (κ2) is 9.43. The minimum atomic E-state index is -0.256. The lowest BCUT2D eigenvalue weighted by Crippen LogP contribution is -2.39. The monoisotopic (exact) mass is 426 g/mol. The van der Waals surface area contributed by atoms with Gasteiger partial charge in [0.15, 0.2) is 0 Å². The van der Waals surface area contributed by atoms with Gasteiger partial charge in [0.25, 0.3) is 0 Å². The minimum absolute atomic E-state index is 0.256. The quantitative estimate of drug-likeness (QED) is 0.672. The molecule has 0 spiro atoms. The van der Waals surface area contributed by atoms with Gasteiger partial charge in [0.2, 0.25) is 0 Å². The molecule has 1 N–H and O–H groups in total. The van der Waals surface area contributed by atoms with Crippen LogP contribution < -0.4 is 10.1 Å². The maximum absolute atomic E-state index is 12.3. The van der Waals surface area contributed by atoms with Gasteiger partial charge in [0.05, 0.1) is 6.61 Å². The van der Waals surface area contributed by atoms with Gasteiger partial charge >= 0.3 is 6.09 Å². The fourth-order valence-corrected chi connectivity index (χ4v) is 3.97. The van der Waals surface area contributed by atoms with Crippen LogP contribution >= 0.6 is 11.6 Å². The average molecular weight is 427 g/mol. The van der Waals surface area contributed by atoms with Crippen LogP contribution in [0.1, 0.15) is 30.4 Å². The highest BCUT2D eigenvalue weighted by Crippen LogP contribution is 2.30. The first-order chi connectivity index (χ1) is 14.6. The highest BCUT2D eigenvalue weighted by Gasteiger charge is 2.24. The Hall–Kier alpha value is -2.66. The van der Waals surface area contributed by atoms with Gasteiger partial charge in [-0.05, 0) is 73.1 Å². The topological polar surface area (TPSA) is 50.8 Å². The molecule has 0 unspecified atom stereocenters. The molecule has 2 heterocycles. The standard InChI is InChI=1S/C24H27ClN2O3/c1-17-2-5-20-14-22(8-9-23(20)26-17)29-15-19-10-12-27(13-11-19)24(28)30-16-18-3-6-21(25)7-4-18/h3-4,6-9,14,19,26H,1-2,5,10-13,15-16H2. The fourth-order valence-electron chi connectivity index (χ4n) is 3.84. The zero-order chi connectivity index (χ0) is 20.9. The number of hydrogen-bond acceptors (Lipinski definition) is 4. The van der Waals surface area contributed by atoms with Crippen molar-refractivity contribution in [1.82, 2.24) is 4.90 Å². The Labute approximate surface area is 182 Å². The minimum Gasteiger partial charge on any atom is -0.493 e. The Morgan fingerprint density at radius 3 is 2.67 bits per heavy atom. The van der Waals surface area contributed by atoms with Gasteiger partial charge in [-0.2, -0.15) is 0 Å². The number of nitrogens with zero attached hydrogens (tertiary/aromatic N) is 1. The number of aryl methyl sites for hydroxylation is 1. The number of likely N-dealkylation sites (tertiary alicyclic amines) is 1. The maximum atomic E-state index is 12.3. The second-order valence-electron chi connectivity index (χ2n) is 7.97. The summed E-state index contributed by atoms with van der Waals surface area (Å²) in [5.74, 6) is 1.35. The first kappa shape index (κ1) is 20.6. The van der Waals surface area contributed by atoms with Crippen molar-refractivity contribution in [1.29, 1.82) is 0 Å². The number of fused-ring (bicyclic) bond motifs is 1. The summed E-state index contributed by atoms with van der Waals surface area (Å²) in [7, 11) is 0. The third-order valence-electron chi connectivity index (χ3n) is 5.72. The van der Waals surface area contributed by atoms with Crippen molar-refractivity contribution in [3.05, 3.63) is 70.9 Å². The lowest BCUT2D eigenvalue weighted by Gasteiger charge is -2.31. The van der Waals surface area contributed by atoms with Gasteiger partial charge in [-0.1, -0.05) is 30.3 Å². The molecule has 1 saturated heterocycles. The number of anilines is 1. The van der Waals surface area contributed by atoms with Crippen LogP contribution in [0.2, 0.25) is 5.02 Å².